The van der Waals surface area contributed by atoms with Gasteiger partial charge < -0.3 is 15.8 Å². The number of nitrogens with two attached hydrogens (primary N) is 1. The lowest BCUT2D eigenvalue weighted by molar-refractivity contribution is 0.0175. The summed E-state index contributed by atoms with van der Waals surface area (Å²) < 4.78 is 5.14. The molecule has 0 saturated heterocycles. The van der Waals surface area contributed by atoms with E-state index >= 15 is 0 Å². The highest BCUT2D eigenvalue weighted by Gasteiger charge is 2.30. The Morgan fingerprint density at radius 3 is 3.06 bits per heavy atom. The summed E-state index contributed by atoms with van der Waals surface area (Å²) in [5, 5.41) is 5.44. The monoisotopic (exact) mass is 241 g/mol. The summed E-state index contributed by atoms with van der Waals surface area (Å²) in [6, 6.07) is 0.223. The van der Waals surface area contributed by atoms with Gasteiger partial charge in [-0.05, 0) is 12.8 Å². The number of hydrogen-bond donors (Lipinski definition) is 2. The molecule has 0 radical (unpaired) electrons. The van der Waals surface area contributed by atoms with Crippen molar-refractivity contribution in [2.75, 3.05) is 7.11 Å². The van der Waals surface area contributed by atoms with E-state index in [1.807, 2.05) is 0 Å². The summed E-state index contributed by atoms with van der Waals surface area (Å²) in [6.07, 6.45) is 2.06. The van der Waals surface area contributed by atoms with Crippen molar-refractivity contribution in [3.63, 3.8) is 0 Å². The molecule has 0 aromatic carbocycles. The molecule has 5 nitrogen and oxygen atoms in total. The van der Waals surface area contributed by atoms with Crippen molar-refractivity contribution in [2.45, 2.75) is 31.5 Å². The van der Waals surface area contributed by atoms with Crippen LogP contribution in [0, 0.1) is 0 Å². The normalized spacial score (nSPS) is 23.9. The largest absolute Gasteiger partial charge is 0.381 e. The number of aromatic nitrogens is 1. The number of carbonyl (C=O) groups is 1. The first-order chi connectivity index (χ1) is 7.72. The molecule has 0 aliphatic heterocycles. The molecule has 1 saturated carbocycles. The number of thiazole rings is 1. The Bertz CT molecular complexity index is 374. The third kappa shape index (κ3) is 2.40. The fraction of sp³-hybridized carbons (Fsp3) is 0.600. The van der Waals surface area contributed by atoms with Crippen molar-refractivity contribution in [3.8, 4) is 0 Å². The van der Waals surface area contributed by atoms with Gasteiger partial charge >= 0.3 is 0 Å². The van der Waals surface area contributed by atoms with Gasteiger partial charge in [0.2, 0.25) is 0 Å². The van der Waals surface area contributed by atoms with Crippen LogP contribution in [0.2, 0.25) is 0 Å². The summed E-state index contributed by atoms with van der Waals surface area (Å²) >= 11 is 1.41. The molecular formula is C10H15N3O2S. The van der Waals surface area contributed by atoms with Crippen LogP contribution in [0.4, 0.5) is 0 Å². The average molecular weight is 241 g/mol. The molecule has 3 N–H and O–H groups in total. The van der Waals surface area contributed by atoms with E-state index in [4.69, 9.17) is 10.5 Å². The molecule has 2 rings (SSSR count). The fourth-order valence-electron chi connectivity index (χ4n) is 1.64. The zero-order valence-corrected chi connectivity index (χ0v) is 9.92. The zero-order valence-electron chi connectivity index (χ0n) is 9.10. The zero-order chi connectivity index (χ0) is 11.5. The van der Waals surface area contributed by atoms with Crippen LogP contribution >= 0.6 is 11.3 Å². The number of carbonyl (C=O) groups excluding carboxylic acids is 1. The van der Waals surface area contributed by atoms with E-state index in [1.54, 1.807) is 12.5 Å². The minimum absolute atomic E-state index is 0.115. The Balaban J connectivity index is 1.84. The van der Waals surface area contributed by atoms with Crippen LogP contribution in [-0.4, -0.2) is 30.1 Å². The molecule has 1 heterocycles. The molecule has 16 heavy (non-hydrogen) atoms. The lowest BCUT2D eigenvalue weighted by Crippen LogP contribution is -2.47. The molecule has 1 aromatic heterocycles. The van der Waals surface area contributed by atoms with Gasteiger partial charge in [-0.2, -0.15) is 0 Å². The summed E-state index contributed by atoms with van der Waals surface area (Å²) in [5.41, 5.74) is 5.90. The maximum Gasteiger partial charge on any atom is 0.270 e. The topological polar surface area (TPSA) is 77.2 Å². The van der Waals surface area contributed by atoms with Crippen molar-refractivity contribution >= 4 is 17.2 Å². The van der Waals surface area contributed by atoms with Gasteiger partial charge in [0.1, 0.15) is 10.7 Å². The van der Waals surface area contributed by atoms with Crippen molar-refractivity contribution < 1.29 is 9.53 Å². The van der Waals surface area contributed by atoms with Crippen molar-refractivity contribution in [1.29, 1.82) is 0 Å². The SMILES string of the molecule is COC1CC(NC(=O)c2csc(CN)n2)C1. The maximum absolute atomic E-state index is 11.7. The van der Waals surface area contributed by atoms with Gasteiger partial charge in [0.05, 0.1) is 6.10 Å². The Labute approximate surface area is 98.0 Å². The van der Waals surface area contributed by atoms with E-state index in [0.29, 0.717) is 18.3 Å². The number of ether oxygens (including phenoxy) is 1. The molecular weight excluding hydrogens is 226 g/mol. The fourth-order valence-corrected chi connectivity index (χ4v) is 2.30. The van der Waals surface area contributed by atoms with Gasteiger partial charge in [0.25, 0.3) is 5.91 Å². The van der Waals surface area contributed by atoms with Crippen molar-refractivity contribution in [2.24, 2.45) is 5.73 Å². The Morgan fingerprint density at radius 1 is 1.75 bits per heavy atom. The number of amides is 1. The standard InChI is InChI=1S/C10H15N3O2S/c1-15-7-2-6(3-7)12-10(14)8-5-16-9(4-11)13-8/h5-7H,2-4,11H2,1H3,(H,12,14). The molecule has 1 fully saturated rings. The highest BCUT2D eigenvalue weighted by molar-refractivity contribution is 7.09. The van der Waals surface area contributed by atoms with Crippen LogP contribution in [-0.2, 0) is 11.3 Å². The van der Waals surface area contributed by atoms with Crippen LogP contribution in [0.25, 0.3) is 0 Å². The predicted octanol–water partition coefficient (Wildman–Crippen LogP) is 0.509. The first-order valence-electron chi connectivity index (χ1n) is 5.21. The molecule has 0 spiro atoms. The molecule has 0 unspecified atom stereocenters. The number of hydrogen-bond acceptors (Lipinski definition) is 5. The molecule has 1 aromatic rings. The number of nitrogens with zero attached hydrogens (tertiary/aromatic N) is 1. The lowest BCUT2D eigenvalue weighted by atomic mass is 9.89. The first kappa shape index (κ1) is 11.5. The molecule has 1 aliphatic rings. The van der Waals surface area contributed by atoms with Crippen molar-refractivity contribution in [1.82, 2.24) is 10.3 Å². The first-order valence-corrected chi connectivity index (χ1v) is 6.09. The van der Waals surface area contributed by atoms with E-state index in [2.05, 4.69) is 10.3 Å². The van der Waals surface area contributed by atoms with E-state index < -0.39 is 0 Å². The van der Waals surface area contributed by atoms with E-state index in [9.17, 15) is 4.79 Å². The van der Waals surface area contributed by atoms with Gasteiger partial charge in [-0.25, -0.2) is 4.98 Å². The Hall–Kier alpha value is -0.980. The highest BCUT2D eigenvalue weighted by atomic mass is 32.1. The van der Waals surface area contributed by atoms with Gasteiger partial charge in [-0.15, -0.1) is 11.3 Å². The van der Waals surface area contributed by atoms with Crippen LogP contribution in [0.15, 0.2) is 5.38 Å². The number of methoxy groups -OCH3 is 1. The summed E-state index contributed by atoms with van der Waals surface area (Å²) in [4.78, 5) is 15.9. The quantitative estimate of drug-likeness (QED) is 0.805. The molecule has 6 heteroatoms. The third-order valence-corrected chi connectivity index (χ3v) is 3.59. The second-order valence-corrected chi connectivity index (χ2v) is 4.77. The molecule has 0 bridgehead atoms. The summed E-state index contributed by atoms with van der Waals surface area (Å²) in [5.74, 6) is -0.115. The summed E-state index contributed by atoms with van der Waals surface area (Å²) in [6.45, 7) is 0.382. The molecule has 1 aliphatic carbocycles. The van der Waals surface area contributed by atoms with E-state index in [-0.39, 0.29) is 11.9 Å². The highest BCUT2D eigenvalue weighted by Crippen LogP contribution is 2.22. The predicted molar refractivity (Wildman–Crippen MR) is 61.3 cm³/mol. The third-order valence-electron chi connectivity index (χ3n) is 2.72. The van der Waals surface area contributed by atoms with Gasteiger partial charge in [0, 0.05) is 25.1 Å². The molecule has 88 valence electrons. The van der Waals surface area contributed by atoms with Crippen LogP contribution in [0.5, 0.6) is 0 Å². The van der Waals surface area contributed by atoms with E-state index in [1.165, 1.54) is 11.3 Å². The van der Waals surface area contributed by atoms with Gasteiger partial charge in [-0.3, -0.25) is 4.79 Å². The Morgan fingerprint density at radius 2 is 2.50 bits per heavy atom. The second-order valence-electron chi connectivity index (χ2n) is 3.83. The summed E-state index contributed by atoms with van der Waals surface area (Å²) in [7, 11) is 1.69. The van der Waals surface area contributed by atoms with E-state index in [0.717, 1.165) is 17.8 Å². The number of rotatable bonds is 4. The maximum atomic E-state index is 11.7. The smallest absolute Gasteiger partial charge is 0.270 e. The second kappa shape index (κ2) is 4.90. The number of nitrogens with one attached hydrogen (secondary N) is 1. The Kier molecular flexibility index (Phi) is 3.52. The van der Waals surface area contributed by atoms with Crippen LogP contribution in [0.1, 0.15) is 28.3 Å². The molecule has 0 atom stereocenters. The van der Waals surface area contributed by atoms with Gasteiger partial charge in [-0.1, -0.05) is 0 Å². The molecule has 1 amide bonds. The average Bonchev–Trinajstić information content (AvgIpc) is 2.70. The van der Waals surface area contributed by atoms with Crippen LogP contribution in [0.3, 0.4) is 0 Å². The minimum atomic E-state index is -0.115. The lowest BCUT2D eigenvalue weighted by Gasteiger charge is -2.34. The van der Waals surface area contributed by atoms with Crippen molar-refractivity contribution in [3.05, 3.63) is 16.1 Å². The van der Waals surface area contributed by atoms with Crippen LogP contribution < -0.4 is 11.1 Å². The minimum Gasteiger partial charge on any atom is -0.381 e. The van der Waals surface area contributed by atoms with Gasteiger partial charge in [0.15, 0.2) is 0 Å².